The molecule has 10 heteroatoms. The number of halogens is 1. The van der Waals surface area contributed by atoms with E-state index in [-0.39, 0.29) is 17.1 Å². The molecule has 0 aliphatic rings. The largest absolute Gasteiger partial charge is 0.476 e. The average Bonchev–Trinajstić information content (AvgIpc) is 2.90. The number of hydrogen-bond acceptors (Lipinski definition) is 5. The number of carboxylic acids is 1. The van der Waals surface area contributed by atoms with Gasteiger partial charge in [0.2, 0.25) is 15.9 Å². The van der Waals surface area contributed by atoms with Crippen molar-refractivity contribution in [3.05, 3.63) is 96.1 Å². The molecule has 0 fully saturated rings. The predicted molar refractivity (Wildman–Crippen MR) is 136 cm³/mol. The molecule has 0 saturated heterocycles. The van der Waals surface area contributed by atoms with Gasteiger partial charge in [0, 0.05) is 6.54 Å². The van der Waals surface area contributed by atoms with Crippen LogP contribution in [0.25, 0.3) is 0 Å². The van der Waals surface area contributed by atoms with Crippen molar-refractivity contribution in [3.8, 4) is 5.75 Å². The Morgan fingerprint density at radius 2 is 1.49 bits per heavy atom. The summed E-state index contributed by atoms with van der Waals surface area (Å²) in [5, 5.41) is 11.4. The summed E-state index contributed by atoms with van der Waals surface area (Å²) in [6, 6.07) is 22.3. The average molecular weight is 529 g/mol. The molecule has 8 nitrogen and oxygen atoms in total. The second-order valence-electron chi connectivity index (χ2n) is 8.34. The fraction of sp³-hybridized carbons (Fsp3) is 0.259. The molecule has 0 aromatic heterocycles. The Balaban J connectivity index is 1.64. The number of aryl methyl sites for hydroxylation is 1. The molecule has 37 heavy (non-hydrogen) atoms. The van der Waals surface area contributed by atoms with Crippen LogP contribution in [0.15, 0.2) is 89.8 Å². The van der Waals surface area contributed by atoms with Crippen LogP contribution in [0, 0.1) is 0 Å². The zero-order chi connectivity index (χ0) is 26.7. The Hall–Kier alpha value is -3.76. The number of alkyl halides is 1. The Morgan fingerprint density at radius 3 is 2.11 bits per heavy atom. The molecule has 0 saturated carbocycles. The first-order chi connectivity index (χ1) is 17.7. The molecule has 0 aliphatic carbocycles. The first kappa shape index (κ1) is 27.8. The maximum atomic E-state index is 13.3. The van der Waals surface area contributed by atoms with Gasteiger partial charge < -0.3 is 15.2 Å². The summed E-state index contributed by atoms with van der Waals surface area (Å²) >= 11 is 0. The molecule has 3 aromatic rings. The van der Waals surface area contributed by atoms with Crippen LogP contribution in [0.4, 0.5) is 4.39 Å². The van der Waals surface area contributed by atoms with Crippen LogP contribution < -0.4 is 14.8 Å². The second kappa shape index (κ2) is 13.5. The van der Waals surface area contributed by atoms with Crippen LogP contribution >= 0.6 is 0 Å². The second-order valence-corrected chi connectivity index (χ2v) is 10.1. The van der Waals surface area contributed by atoms with Crippen LogP contribution in [-0.2, 0) is 32.5 Å². The van der Waals surface area contributed by atoms with E-state index in [1.165, 1.54) is 42.0 Å². The number of unbranched alkanes of at least 4 members (excludes halogenated alkanes) is 1. The number of hydrogen-bond donors (Lipinski definition) is 3. The number of ether oxygens (including phenoxy) is 1. The lowest BCUT2D eigenvalue weighted by molar-refractivity contribution is -0.153. The summed E-state index contributed by atoms with van der Waals surface area (Å²) in [7, 11) is -3.98. The highest BCUT2D eigenvalue weighted by atomic mass is 32.2. The maximum Gasteiger partial charge on any atom is 0.378 e. The number of aliphatic carboxylic acids is 1. The highest BCUT2D eigenvalue weighted by Gasteiger charge is 2.26. The zero-order valence-electron chi connectivity index (χ0n) is 20.0. The van der Waals surface area contributed by atoms with E-state index < -0.39 is 34.3 Å². The molecule has 0 heterocycles. The number of nitrogens with one attached hydrogen (secondary N) is 2. The third-order valence-corrected chi connectivity index (χ3v) is 6.99. The van der Waals surface area contributed by atoms with E-state index in [1.807, 2.05) is 30.3 Å². The number of carbonyl (C=O) groups excluding carboxylic acids is 1. The highest BCUT2D eigenvalue weighted by Crippen LogP contribution is 2.17. The summed E-state index contributed by atoms with van der Waals surface area (Å²) in [6.07, 6.45) is -0.0441. The van der Waals surface area contributed by atoms with E-state index in [0.717, 1.165) is 19.3 Å². The summed E-state index contributed by atoms with van der Waals surface area (Å²) < 4.78 is 46.2. The van der Waals surface area contributed by atoms with E-state index >= 15 is 0 Å². The van der Waals surface area contributed by atoms with Crippen LogP contribution in [0.1, 0.15) is 24.0 Å². The molecule has 0 bridgehead atoms. The zero-order valence-corrected chi connectivity index (χ0v) is 20.9. The molecule has 1 amide bonds. The molecule has 1 unspecified atom stereocenters. The Bertz CT molecular complexity index is 1260. The van der Waals surface area contributed by atoms with Gasteiger partial charge in [-0.05, 0) is 61.1 Å². The summed E-state index contributed by atoms with van der Waals surface area (Å²) in [5.74, 6) is -2.24. The predicted octanol–water partition coefficient (Wildman–Crippen LogP) is 3.47. The molecule has 196 valence electrons. The lowest BCUT2D eigenvalue weighted by Gasteiger charge is -2.19. The van der Waals surface area contributed by atoms with Crippen molar-refractivity contribution in [1.29, 1.82) is 0 Å². The van der Waals surface area contributed by atoms with Crippen molar-refractivity contribution >= 4 is 21.9 Å². The van der Waals surface area contributed by atoms with Gasteiger partial charge in [-0.3, -0.25) is 4.79 Å². The lowest BCUT2D eigenvalue weighted by Crippen LogP contribution is -2.48. The number of amides is 1. The summed E-state index contributed by atoms with van der Waals surface area (Å²) in [5.41, 5.74) is 1.77. The van der Waals surface area contributed by atoms with Gasteiger partial charge in [-0.15, -0.1) is 0 Å². The Labute approximate surface area is 215 Å². The first-order valence-corrected chi connectivity index (χ1v) is 13.2. The first-order valence-electron chi connectivity index (χ1n) is 11.8. The fourth-order valence-corrected chi connectivity index (χ4v) is 4.80. The smallest absolute Gasteiger partial charge is 0.378 e. The molecule has 0 aliphatic heterocycles. The van der Waals surface area contributed by atoms with Crippen LogP contribution in [0.2, 0.25) is 0 Å². The number of benzene rings is 3. The number of rotatable bonds is 14. The standard InChI is InChI=1S/C27H29FN2O6S/c28-25(27(32)33)36-22-16-14-21(15-17-22)19-24(30-37(34,35)23-12-5-2-6-13-23)26(31)29-18-8-7-11-20-9-3-1-4-10-20/h1-6,9-10,12-17,24-25,30H,7-8,11,18-19H2,(H,29,31)(H,32,33)/t24-,25?/m0/s1. The van der Waals surface area contributed by atoms with Gasteiger partial charge in [0.25, 0.3) is 0 Å². The van der Waals surface area contributed by atoms with E-state index in [2.05, 4.69) is 14.8 Å². The summed E-state index contributed by atoms with van der Waals surface area (Å²) in [4.78, 5) is 23.7. The minimum Gasteiger partial charge on any atom is -0.476 e. The maximum absolute atomic E-state index is 13.3. The minimum absolute atomic E-state index is 0.0112. The number of carboxylic acid groups (broad SMARTS) is 1. The van der Waals surface area contributed by atoms with Crippen LogP contribution in [0.5, 0.6) is 5.75 Å². The van der Waals surface area contributed by atoms with Crippen LogP contribution in [-0.4, -0.2) is 44.3 Å². The molecule has 0 spiro atoms. The quantitative estimate of drug-likeness (QED) is 0.276. The van der Waals surface area contributed by atoms with Crippen LogP contribution in [0.3, 0.4) is 0 Å². The Kier molecular flexibility index (Phi) is 10.2. The third kappa shape index (κ3) is 9.00. The molecule has 3 rings (SSSR count). The normalized spacial score (nSPS) is 12.9. The number of carbonyl (C=O) groups is 2. The van der Waals surface area contributed by atoms with Gasteiger partial charge in [0.05, 0.1) is 4.90 Å². The van der Waals surface area contributed by atoms with Crippen molar-refractivity contribution in [2.75, 3.05) is 6.54 Å². The molecule has 3 aromatic carbocycles. The van der Waals surface area contributed by atoms with Crippen molar-refractivity contribution in [2.45, 2.75) is 43.0 Å². The van der Waals surface area contributed by atoms with Gasteiger partial charge in [-0.2, -0.15) is 9.11 Å². The van der Waals surface area contributed by atoms with E-state index in [4.69, 9.17) is 5.11 Å². The monoisotopic (exact) mass is 528 g/mol. The van der Waals surface area contributed by atoms with Gasteiger partial charge >= 0.3 is 12.3 Å². The Morgan fingerprint density at radius 1 is 0.865 bits per heavy atom. The highest BCUT2D eigenvalue weighted by molar-refractivity contribution is 7.89. The minimum atomic E-state index is -3.98. The molecular weight excluding hydrogens is 499 g/mol. The van der Waals surface area contributed by atoms with Crippen molar-refractivity contribution in [1.82, 2.24) is 10.0 Å². The molecule has 0 radical (unpaired) electrons. The third-order valence-electron chi connectivity index (χ3n) is 5.50. The summed E-state index contributed by atoms with van der Waals surface area (Å²) in [6.45, 7) is 0.384. The molecule has 3 N–H and O–H groups in total. The number of sulfonamides is 1. The van der Waals surface area contributed by atoms with Gasteiger partial charge in [-0.1, -0.05) is 60.7 Å². The lowest BCUT2D eigenvalue weighted by atomic mass is 10.1. The van der Waals surface area contributed by atoms with Crippen molar-refractivity contribution in [3.63, 3.8) is 0 Å². The fourth-order valence-electron chi connectivity index (χ4n) is 3.59. The van der Waals surface area contributed by atoms with Crippen molar-refractivity contribution < 1.29 is 32.2 Å². The molecule has 2 atom stereocenters. The van der Waals surface area contributed by atoms with Gasteiger partial charge in [-0.25, -0.2) is 13.2 Å². The topological polar surface area (TPSA) is 122 Å². The molecular formula is C27H29FN2O6S. The van der Waals surface area contributed by atoms with Crippen molar-refractivity contribution in [2.24, 2.45) is 0 Å². The van der Waals surface area contributed by atoms with Gasteiger partial charge in [0.1, 0.15) is 11.8 Å². The van der Waals surface area contributed by atoms with E-state index in [9.17, 15) is 22.4 Å². The SMILES string of the molecule is O=C(O)C(F)Oc1ccc(C[C@H](NS(=O)(=O)c2ccccc2)C(=O)NCCCCc2ccccc2)cc1. The van der Waals surface area contributed by atoms with Gasteiger partial charge in [0.15, 0.2) is 0 Å². The van der Waals surface area contributed by atoms with E-state index in [0.29, 0.717) is 12.1 Å². The van der Waals surface area contributed by atoms with E-state index in [1.54, 1.807) is 18.2 Å².